The summed E-state index contributed by atoms with van der Waals surface area (Å²) in [5.74, 6) is 0.951. The second kappa shape index (κ2) is 8.00. The molecule has 1 fully saturated rings. The highest BCUT2D eigenvalue weighted by molar-refractivity contribution is 5.76. The number of carbonyl (C=O) groups excluding carboxylic acids is 1. The van der Waals surface area contributed by atoms with Crippen molar-refractivity contribution in [2.24, 2.45) is 0 Å². The number of carbonyl (C=O) groups is 1. The van der Waals surface area contributed by atoms with E-state index in [-0.39, 0.29) is 12.5 Å². The molecule has 21 heavy (non-hydrogen) atoms. The van der Waals surface area contributed by atoms with Gasteiger partial charge in [-0.15, -0.1) is 0 Å². The molecule has 1 aliphatic heterocycles. The first-order chi connectivity index (χ1) is 10.2. The van der Waals surface area contributed by atoms with E-state index in [2.05, 4.69) is 4.90 Å². The standard InChI is InChI=1S/C16H24N2O3/c1-14-2-4-15(5-3-14)21-13-6-16(20)18-9-7-17(8-10-18)11-12-19/h2-5,19H,6-13H2,1H3. The van der Waals surface area contributed by atoms with Crippen LogP contribution in [0.2, 0.25) is 0 Å². The van der Waals surface area contributed by atoms with Gasteiger partial charge in [-0.1, -0.05) is 17.7 Å². The minimum Gasteiger partial charge on any atom is -0.493 e. The normalized spacial score (nSPS) is 16.0. The topological polar surface area (TPSA) is 53.0 Å². The van der Waals surface area contributed by atoms with Crippen LogP contribution in [-0.2, 0) is 4.79 Å². The highest BCUT2D eigenvalue weighted by Gasteiger charge is 2.20. The minimum absolute atomic E-state index is 0.144. The summed E-state index contributed by atoms with van der Waals surface area (Å²) in [4.78, 5) is 16.1. The Morgan fingerprint density at radius 2 is 1.86 bits per heavy atom. The molecule has 0 aromatic heterocycles. The number of ether oxygens (including phenoxy) is 1. The van der Waals surface area contributed by atoms with E-state index < -0.39 is 0 Å². The van der Waals surface area contributed by atoms with Gasteiger partial charge in [0.25, 0.3) is 0 Å². The third kappa shape index (κ3) is 5.02. The van der Waals surface area contributed by atoms with Gasteiger partial charge in [0, 0.05) is 32.7 Å². The summed E-state index contributed by atoms with van der Waals surface area (Å²) >= 11 is 0. The van der Waals surface area contributed by atoms with Gasteiger partial charge < -0.3 is 14.7 Å². The van der Waals surface area contributed by atoms with Crippen molar-refractivity contribution < 1.29 is 14.6 Å². The van der Waals surface area contributed by atoms with E-state index in [1.165, 1.54) is 5.56 Å². The molecular weight excluding hydrogens is 268 g/mol. The molecule has 0 saturated carbocycles. The third-order valence-corrected chi connectivity index (χ3v) is 3.75. The van der Waals surface area contributed by atoms with Crippen LogP contribution >= 0.6 is 0 Å². The van der Waals surface area contributed by atoms with E-state index in [9.17, 15) is 4.79 Å². The number of aryl methyl sites for hydroxylation is 1. The average Bonchev–Trinajstić information content (AvgIpc) is 2.50. The van der Waals surface area contributed by atoms with E-state index in [1.54, 1.807) is 0 Å². The maximum absolute atomic E-state index is 12.1. The smallest absolute Gasteiger partial charge is 0.226 e. The fourth-order valence-electron chi connectivity index (χ4n) is 2.41. The van der Waals surface area contributed by atoms with Gasteiger partial charge in [0.1, 0.15) is 5.75 Å². The van der Waals surface area contributed by atoms with Crippen LogP contribution in [0.1, 0.15) is 12.0 Å². The summed E-state index contributed by atoms with van der Waals surface area (Å²) in [6, 6.07) is 7.84. The predicted molar refractivity (Wildman–Crippen MR) is 81.4 cm³/mol. The number of rotatable bonds is 6. The summed E-state index contributed by atoms with van der Waals surface area (Å²) in [6.45, 7) is 6.47. The highest BCUT2D eigenvalue weighted by atomic mass is 16.5. The van der Waals surface area contributed by atoms with E-state index in [1.807, 2.05) is 36.1 Å². The fourth-order valence-corrected chi connectivity index (χ4v) is 2.41. The molecule has 1 aromatic carbocycles. The summed E-state index contributed by atoms with van der Waals surface area (Å²) in [5, 5.41) is 8.90. The van der Waals surface area contributed by atoms with Gasteiger partial charge in [-0.2, -0.15) is 0 Å². The maximum atomic E-state index is 12.1. The van der Waals surface area contributed by atoms with E-state index >= 15 is 0 Å². The fraction of sp³-hybridized carbons (Fsp3) is 0.562. The summed E-state index contributed by atoms with van der Waals surface area (Å²) < 4.78 is 5.59. The van der Waals surface area contributed by atoms with Crippen LogP contribution in [0, 0.1) is 6.92 Å². The lowest BCUT2D eigenvalue weighted by Gasteiger charge is -2.34. The molecule has 0 atom stereocenters. The van der Waals surface area contributed by atoms with Gasteiger partial charge in [0.05, 0.1) is 19.6 Å². The summed E-state index contributed by atoms with van der Waals surface area (Å²) in [6.07, 6.45) is 0.411. The third-order valence-electron chi connectivity index (χ3n) is 3.75. The zero-order valence-corrected chi connectivity index (χ0v) is 12.6. The average molecular weight is 292 g/mol. The number of benzene rings is 1. The van der Waals surface area contributed by atoms with E-state index in [0.717, 1.165) is 31.9 Å². The van der Waals surface area contributed by atoms with Crippen LogP contribution in [0.4, 0.5) is 0 Å². The molecule has 5 heteroatoms. The van der Waals surface area contributed by atoms with Crippen LogP contribution in [0.3, 0.4) is 0 Å². The van der Waals surface area contributed by atoms with Gasteiger partial charge in [0.2, 0.25) is 5.91 Å². The molecule has 0 aliphatic carbocycles. The quantitative estimate of drug-likeness (QED) is 0.846. The Kier molecular flexibility index (Phi) is 6.02. The molecule has 116 valence electrons. The number of aliphatic hydroxyl groups excluding tert-OH is 1. The Balaban J connectivity index is 1.67. The number of β-amino-alcohol motifs (C(OH)–C–C–N with tert-alkyl or cyclic N) is 1. The van der Waals surface area contributed by atoms with Crippen molar-refractivity contribution in [3.8, 4) is 5.75 Å². The lowest BCUT2D eigenvalue weighted by atomic mass is 10.2. The first-order valence-corrected chi connectivity index (χ1v) is 7.49. The van der Waals surface area contributed by atoms with Crippen LogP contribution in [0.25, 0.3) is 0 Å². The minimum atomic E-state index is 0.144. The molecule has 5 nitrogen and oxygen atoms in total. The largest absolute Gasteiger partial charge is 0.493 e. The Morgan fingerprint density at radius 1 is 1.19 bits per heavy atom. The van der Waals surface area contributed by atoms with Crippen molar-refractivity contribution in [3.05, 3.63) is 29.8 Å². The molecule has 0 radical (unpaired) electrons. The zero-order valence-electron chi connectivity index (χ0n) is 12.6. The van der Waals surface area contributed by atoms with Crippen molar-refractivity contribution >= 4 is 5.91 Å². The molecule has 0 bridgehead atoms. The molecule has 2 rings (SSSR count). The molecule has 1 saturated heterocycles. The van der Waals surface area contributed by atoms with Crippen molar-refractivity contribution in [2.45, 2.75) is 13.3 Å². The van der Waals surface area contributed by atoms with Crippen molar-refractivity contribution in [2.75, 3.05) is 45.9 Å². The Labute approximate surface area is 126 Å². The highest BCUT2D eigenvalue weighted by Crippen LogP contribution is 2.12. The monoisotopic (exact) mass is 292 g/mol. The van der Waals surface area contributed by atoms with Gasteiger partial charge in [0.15, 0.2) is 0 Å². The van der Waals surface area contributed by atoms with Crippen LogP contribution in [0.5, 0.6) is 5.75 Å². The van der Waals surface area contributed by atoms with Crippen LogP contribution < -0.4 is 4.74 Å². The summed E-state index contributed by atoms with van der Waals surface area (Å²) in [7, 11) is 0. The van der Waals surface area contributed by atoms with Crippen LogP contribution in [0.15, 0.2) is 24.3 Å². The number of amides is 1. The molecule has 1 aromatic rings. The van der Waals surface area contributed by atoms with Gasteiger partial charge in [-0.05, 0) is 19.1 Å². The molecule has 0 unspecified atom stereocenters. The van der Waals surface area contributed by atoms with E-state index in [4.69, 9.17) is 9.84 Å². The molecular formula is C16H24N2O3. The molecule has 1 heterocycles. The lowest BCUT2D eigenvalue weighted by molar-refractivity contribution is -0.133. The lowest BCUT2D eigenvalue weighted by Crippen LogP contribution is -2.49. The first-order valence-electron chi connectivity index (χ1n) is 7.49. The SMILES string of the molecule is Cc1ccc(OCCC(=O)N2CCN(CCO)CC2)cc1. The van der Waals surface area contributed by atoms with Crippen molar-refractivity contribution in [1.29, 1.82) is 0 Å². The Morgan fingerprint density at radius 3 is 2.48 bits per heavy atom. The Bertz CT molecular complexity index is 439. The molecule has 1 amide bonds. The molecule has 1 N–H and O–H groups in total. The van der Waals surface area contributed by atoms with Crippen LogP contribution in [-0.4, -0.2) is 66.8 Å². The zero-order chi connectivity index (χ0) is 15.1. The van der Waals surface area contributed by atoms with E-state index in [0.29, 0.717) is 19.6 Å². The number of hydrogen-bond acceptors (Lipinski definition) is 4. The number of piperazine rings is 1. The van der Waals surface area contributed by atoms with Gasteiger partial charge in [-0.25, -0.2) is 0 Å². The van der Waals surface area contributed by atoms with Gasteiger partial charge in [-0.3, -0.25) is 9.69 Å². The number of nitrogens with zero attached hydrogens (tertiary/aromatic N) is 2. The van der Waals surface area contributed by atoms with Gasteiger partial charge >= 0.3 is 0 Å². The second-order valence-electron chi connectivity index (χ2n) is 5.36. The maximum Gasteiger partial charge on any atom is 0.226 e. The number of aliphatic hydroxyl groups is 1. The second-order valence-corrected chi connectivity index (χ2v) is 5.36. The predicted octanol–water partition coefficient (Wildman–Crippen LogP) is 0.900. The molecule has 1 aliphatic rings. The summed E-state index contributed by atoms with van der Waals surface area (Å²) in [5.41, 5.74) is 1.19. The Hall–Kier alpha value is -1.59. The van der Waals surface area contributed by atoms with Crippen molar-refractivity contribution in [1.82, 2.24) is 9.80 Å². The first kappa shape index (κ1) is 15.8. The van der Waals surface area contributed by atoms with Crippen molar-refractivity contribution in [3.63, 3.8) is 0 Å². The number of hydrogen-bond donors (Lipinski definition) is 1. The molecule has 0 spiro atoms.